The molecule has 1 aromatic rings. The lowest BCUT2D eigenvalue weighted by Crippen LogP contribution is -2.47. The zero-order chi connectivity index (χ0) is 15.0. The Labute approximate surface area is 128 Å². The van der Waals surface area contributed by atoms with Crippen LogP contribution in [0.3, 0.4) is 0 Å². The fraction of sp³-hybridized carbons (Fsp3) is 0.500. The van der Waals surface area contributed by atoms with Gasteiger partial charge < -0.3 is 9.47 Å². The first-order valence-corrected chi connectivity index (χ1v) is 7.91. The van der Waals surface area contributed by atoms with E-state index in [9.17, 15) is 9.59 Å². The van der Waals surface area contributed by atoms with Crippen molar-refractivity contribution in [3.8, 4) is 0 Å². The van der Waals surface area contributed by atoms with E-state index in [0.717, 1.165) is 4.90 Å². The SMILES string of the molecule is COC(=O)C1C(=O)C[C@@]2(C)O[C@@H]1C[C@@H]2Sc1ccccc1. The summed E-state index contributed by atoms with van der Waals surface area (Å²) in [6.45, 7) is 1.97. The first-order chi connectivity index (χ1) is 10.0. The number of carbonyl (C=O) groups excluding carboxylic acids is 2. The average Bonchev–Trinajstić information content (AvgIpc) is 2.71. The van der Waals surface area contributed by atoms with Crippen molar-refractivity contribution in [2.75, 3.05) is 7.11 Å². The van der Waals surface area contributed by atoms with E-state index in [1.54, 1.807) is 11.8 Å². The molecule has 0 aliphatic carbocycles. The minimum atomic E-state index is -0.760. The van der Waals surface area contributed by atoms with Crippen LogP contribution in [-0.2, 0) is 19.1 Å². The Morgan fingerprint density at radius 2 is 2.10 bits per heavy atom. The fourth-order valence-corrected chi connectivity index (χ4v) is 4.52. The van der Waals surface area contributed by atoms with Crippen molar-refractivity contribution in [1.82, 2.24) is 0 Å². The van der Waals surface area contributed by atoms with Crippen molar-refractivity contribution >= 4 is 23.5 Å². The van der Waals surface area contributed by atoms with Gasteiger partial charge in [0.2, 0.25) is 0 Å². The molecule has 2 saturated heterocycles. The predicted octanol–water partition coefficient (Wildman–Crippen LogP) is 2.46. The van der Waals surface area contributed by atoms with E-state index in [1.165, 1.54) is 7.11 Å². The Kier molecular flexibility index (Phi) is 3.80. The Balaban J connectivity index is 1.81. The number of Topliss-reactive ketones (excluding diaryl/α,β-unsaturated/α-hetero) is 1. The number of esters is 1. The molecule has 0 aromatic heterocycles. The maximum atomic E-state index is 12.3. The molecule has 112 valence electrons. The molecule has 1 aromatic carbocycles. The minimum Gasteiger partial charge on any atom is -0.468 e. The summed E-state index contributed by atoms with van der Waals surface area (Å²) in [6.07, 6.45) is 0.611. The molecule has 0 spiro atoms. The molecule has 0 radical (unpaired) electrons. The third-order valence-electron chi connectivity index (χ3n) is 4.27. The molecule has 2 aliphatic heterocycles. The first-order valence-electron chi connectivity index (χ1n) is 7.03. The summed E-state index contributed by atoms with van der Waals surface area (Å²) in [4.78, 5) is 25.2. The van der Waals surface area contributed by atoms with Crippen LogP contribution in [-0.4, -0.2) is 35.8 Å². The molecule has 2 bridgehead atoms. The van der Waals surface area contributed by atoms with Gasteiger partial charge in [0.05, 0.1) is 18.8 Å². The number of rotatable bonds is 3. The summed E-state index contributed by atoms with van der Waals surface area (Å²) >= 11 is 1.72. The molecule has 2 aliphatic rings. The van der Waals surface area contributed by atoms with Crippen LogP contribution in [0.2, 0.25) is 0 Å². The lowest BCUT2D eigenvalue weighted by atomic mass is 9.90. The van der Waals surface area contributed by atoms with E-state index in [1.807, 2.05) is 25.1 Å². The van der Waals surface area contributed by atoms with Gasteiger partial charge in [-0.2, -0.15) is 0 Å². The van der Waals surface area contributed by atoms with Gasteiger partial charge in [-0.15, -0.1) is 11.8 Å². The summed E-state index contributed by atoms with van der Waals surface area (Å²) in [5.74, 6) is -1.29. The standard InChI is InChI=1S/C16H18O4S/c1-16-9-11(17)14(15(18)19-2)12(20-16)8-13(16)21-10-6-4-3-5-7-10/h3-7,12-14H,8-9H2,1-2H3/t12-,13+,14?,16-/m1/s1. The van der Waals surface area contributed by atoms with E-state index < -0.39 is 17.5 Å². The second-order valence-corrected chi connectivity index (χ2v) is 7.04. The van der Waals surface area contributed by atoms with Crippen LogP contribution in [0.1, 0.15) is 19.8 Å². The fourth-order valence-electron chi connectivity index (χ4n) is 3.20. The summed E-state index contributed by atoms with van der Waals surface area (Å²) in [5.41, 5.74) is -0.493. The number of methoxy groups -OCH3 is 1. The Morgan fingerprint density at radius 3 is 2.76 bits per heavy atom. The van der Waals surface area contributed by atoms with Crippen LogP contribution in [0, 0.1) is 5.92 Å². The van der Waals surface area contributed by atoms with Crippen molar-refractivity contribution in [3.63, 3.8) is 0 Å². The maximum absolute atomic E-state index is 12.3. The van der Waals surface area contributed by atoms with Crippen LogP contribution < -0.4 is 0 Å². The second-order valence-electron chi connectivity index (χ2n) is 5.77. The van der Waals surface area contributed by atoms with Gasteiger partial charge in [-0.3, -0.25) is 9.59 Å². The molecule has 4 nitrogen and oxygen atoms in total. The highest BCUT2D eigenvalue weighted by atomic mass is 32.2. The third kappa shape index (κ3) is 2.60. The van der Waals surface area contributed by atoms with Gasteiger partial charge in [-0.1, -0.05) is 18.2 Å². The number of thioether (sulfide) groups is 1. The normalized spacial score (nSPS) is 34.8. The quantitative estimate of drug-likeness (QED) is 0.634. The highest BCUT2D eigenvalue weighted by Crippen LogP contribution is 2.49. The van der Waals surface area contributed by atoms with E-state index in [4.69, 9.17) is 9.47 Å². The van der Waals surface area contributed by atoms with Crippen LogP contribution in [0.15, 0.2) is 35.2 Å². The summed E-state index contributed by atoms with van der Waals surface area (Å²) < 4.78 is 10.8. The number of hydrogen-bond acceptors (Lipinski definition) is 5. The van der Waals surface area contributed by atoms with Crippen molar-refractivity contribution in [2.24, 2.45) is 5.92 Å². The highest BCUT2D eigenvalue weighted by molar-refractivity contribution is 8.00. The summed E-state index contributed by atoms with van der Waals surface area (Å²) in [7, 11) is 1.31. The van der Waals surface area contributed by atoms with Crippen LogP contribution in [0.5, 0.6) is 0 Å². The molecule has 21 heavy (non-hydrogen) atoms. The van der Waals surface area contributed by atoms with Crippen molar-refractivity contribution < 1.29 is 19.1 Å². The van der Waals surface area contributed by atoms with E-state index in [2.05, 4.69) is 12.1 Å². The topological polar surface area (TPSA) is 52.6 Å². The van der Waals surface area contributed by atoms with Gasteiger partial charge >= 0.3 is 5.97 Å². The largest absolute Gasteiger partial charge is 0.468 e. The van der Waals surface area contributed by atoms with Gasteiger partial charge in [-0.05, 0) is 25.5 Å². The third-order valence-corrected chi connectivity index (χ3v) is 5.79. The molecule has 0 N–H and O–H groups in total. The molecule has 1 unspecified atom stereocenters. The van der Waals surface area contributed by atoms with Gasteiger partial charge in [0.1, 0.15) is 5.92 Å². The monoisotopic (exact) mass is 306 g/mol. The molecular formula is C16H18O4S. The molecule has 3 rings (SSSR count). The smallest absolute Gasteiger partial charge is 0.318 e. The molecule has 2 fully saturated rings. The second kappa shape index (κ2) is 5.46. The minimum absolute atomic E-state index is 0.0586. The summed E-state index contributed by atoms with van der Waals surface area (Å²) in [5, 5.41) is 0.170. The number of benzene rings is 1. The highest BCUT2D eigenvalue weighted by Gasteiger charge is 2.57. The Hall–Kier alpha value is -1.33. The summed E-state index contributed by atoms with van der Waals surface area (Å²) in [6, 6.07) is 10.1. The molecule has 4 atom stereocenters. The number of ketones is 1. The van der Waals surface area contributed by atoms with Crippen molar-refractivity contribution in [3.05, 3.63) is 30.3 Å². The number of hydrogen-bond donors (Lipinski definition) is 0. The lowest BCUT2D eigenvalue weighted by Gasteiger charge is -2.35. The zero-order valence-corrected chi connectivity index (χ0v) is 12.9. The van der Waals surface area contributed by atoms with Gasteiger partial charge in [0.25, 0.3) is 0 Å². The average molecular weight is 306 g/mol. The van der Waals surface area contributed by atoms with E-state index in [0.29, 0.717) is 6.42 Å². The Bertz CT molecular complexity index is 559. The van der Waals surface area contributed by atoms with E-state index >= 15 is 0 Å². The number of carbonyl (C=O) groups is 2. The van der Waals surface area contributed by atoms with Gasteiger partial charge in [-0.25, -0.2) is 0 Å². The maximum Gasteiger partial charge on any atom is 0.318 e. The molecule has 0 amide bonds. The van der Waals surface area contributed by atoms with Crippen LogP contribution in [0.25, 0.3) is 0 Å². The molecule has 0 saturated carbocycles. The number of ether oxygens (including phenoxy) is 2. The molecule has 5 heteroatoms. The van der Waals surface area contributed by atoms with E-state index in [-0.39, 0.29) is 23.6 Å². The van der Waals surface area contributed by atoms with Gasteiger partial charge in [0, 0.05) is 16.6 Å². The van der Waals surface area contributed by atoms with Gasteiger partial charge in [0.15, 0.2) is 5.78 Å². The molecule has 2 heterocycles. The van der Waals surface area contributed by atoms with Crippen LogP contribution in [0.4, 0.5) is 0 Å². The number of fused-ring (bicyclic) bond motifs is 2. The molecular weight excluding hydrogens is 288 g/mol. The Morgan fingerprint density at radius 1 is 1.38 bits per heavy atom. The van der Waals surface area contributed by atoms with Crippen molar-refractivity contribution in [1.29, 1.82) is 0 Å². The zero-order valence-electron chi connectivity index (χ0n) is 12.1. The predicted molar refractivity (Wildman–Crippen MR) is 79.1 cm³/mol. The lowest BCUT2D eigenvalue weighted by molar-refractivity contribution is -0.167. The first kappa shape index (κ1) is 14.6. The van der Waals surface area contributed by atoms with Crippen LogP contribution >= 0.6 is 11.8 Å². The van der Waals surface area contributed by atoms with Crippen molar-refractivity contribution in [2.45, 2.75) is 41.6 Å².